The van der Waals surface area contributed by atoms with Crippen LogP contribution < -0.4 is 10.6 Å². The summed E-state index contributed by atoms with van der Waals surface area (Å²) < 4.78 is 0. The molecule has 118 valence electrons. The minimum Gasteiger partial charge on any atom is -0.295 e. The monoisotopic (exact) mass is 301 g/mol. The van der Waals surface area contributed by atoms with Gasteiger partial charge in [-0.05, 0) is 30.9 Å². The molecular weight excluding hydrogens is 278 g/mol. The summed E-state index contributed by atoms with van der Waals surface area (Å²) in [5, 5.41) is 5.49. The Labute approximate surface area is 131 Å². The van der Waals surface area contributed by atoms with Gasteiger partial charge in [-0.1, -0.05) is 45.4 Å². The number of carbonyl (C=O) groups is 2. The zero-order valence-electron chi connectivity index (χ0n) is 13.3. The molecule has 1 aromatic rings. The van der Waals surface area contributed by atoms with E-state index in [2.05, 4.69) is 29.5 Å². The van der Waals surface area contributed by atoms with Crippen LogP contribution in [0.1, 0.15) is 40.0 Å². The van der Waals surface area contributed by atoms with Crippen LogP contribution >= 0.6 is 0 Å². The summed E-state index contributed by atoms with van der Waals surface area (Å²) in [6, 6.07) is 9.21. The number of amides is 2. The molecule has 0 aliphatic carbocycles. The lowest BCUT2D eigenvalue weighted by Gasteiger charge is -2.36. The fraction of sp³-hybridized carbons (Fsp3) is 0.471. The molecule has 1 aliphatic heterocycles. The SMILES string of the molecule is CCC(C)CC1(CC)C(=O)NC(=Nc2ccccc2)NC1=O. The van der Waals surface area contributed by atoms with Crippen LogP contribution in [0.15, 0.2) is 35.3 Å². The molecule has 2 amide bonds. The third-order valence-electron chi connectivity index (χ3n) is 4.33. The number of hydrogen-bond donors (Lipinski definition) is 2. The van der Waals surface area contributed by atoms with E-state index in [-0.39, 0.29) is 17.8 Å². The lowest BCUT2D eigenvalue weighted by molar-refractivity contribution is -0.145. The van der Waals surface area contributed by atoms with Gasteiger partial charge in [-0.3, -0.25) is 20.2 Å². The predicted octanol–water partition coefficient (Wildman–Crippen LogP) is 2.75. The van der Waals surface area contributed by atoms with Gasteiger partial charge in [0.05, 0.1) is 5.69 Å². The van der Waals surface area contributed by atoms with Gasteiger partial charge < -0.3 is 0 Å². The summed E-state index contributed by atoms with van der Waals surface area (Å²) in [5.41, 5.74) is -0.311. The third-order valence-corrected chi connectivity index (χ3v) is 4.33. The first-order valence-electron chi connectivity index (χ1n) is 7.78. The standard InChI is InChI=1S/C17H23N3O2/c1-4-12(3)11-17(5-2)14(21)19-16(20-15(17)22)18-13-9-7-6-8-10-13/h6-10,12H,4-5,11H2,1-3H3,(H2,18,19,20,21,22). The van der Waals surface area contributed by atoms with Crippen molar-refractivity contribution in [2.24, 2.45) is 16.3 Å². The van der Waals surface area contributed by atoms with Crippen LogP contribution in [0.2, 0.25) is 0 Å². The van der Waals surface area contributed by atoms with Crippen molar-refractivity contribution in [3.05, 3.63) is 30.3 Å². The highest BCUT2D eigenvalue weighted by molar-refractivity contribution is 6.20. The zero-order valence-corrected chi connectivity index (χ0v) is 13.3. The van der Waals surface area contributed by atoms with Gasteiger partial charge in [-0.2, -0.15) is 0 Å². The minimum absolute atomic E-state index is 0.203. The molecule has 0 radical (unpaired) electrons. The molecule has 1 heterocycles. The Kier molecular flexibility index (Phi) is 4.96. The molecule has 2 N–H and O–H groups in total. The van der Waals surface area contributed by atoms with E-state index < -0.39 is 5.41 Å². The number of para-hydroxylation sites is 1. The van der Waals surface area contributed by atoms with Gasteiger partial charge in [0, 0.05) is 0 Å². The van der Waals surface area contributed by atoms with E-state index >= 15 is 0 Å². The average Bonchev–Trinajstić information content (AvgIpc) is 2.52. The van der Waals surface area contributed by atoms with Gasteiger partial charge in [0.15, 0.2) is 0 Å². The molecule has 1 unspecified atom stereocenters. The van der Waals surface area contributed by atoms with Crippen LogP contribution in [0, 0.1) is 11.3 Å². The first-order valence-corrected chi connectivity index (χ1v) is 7.78. The van der Waals surface area contributed by atoms with Crippen LogP contribution in [0.25, 0.3) is 0 Å². The Morgan fingerprint density at radius 3 is 2.18 bits per heavy atom. The molecule has 0 spiro atoms. The molecule has 5 heteroatoms. The van der Waals surface area contributed by atoms with Crippen LogP contribution in [-0.2, 0) is 9.59 Å². The molecule has 1 atom stereocenters. The van der Waals surface area contributed by atoms with E-state index in [0.717, 1.165) is 6.42 Å². The molecule has 0 saturated carbocycles. The number of nitrogens with zero attached hydrogens (tertiary/aromatic N) is 1. The van der Waals surface area contributed by atoms with Crippen molar-refractivity contribution in [2.45, 2.75) is 40.0 Å². The Balaban J connectivity index is 2.23. The van der Waals surface area contributed by atoms with Crippen molar-refractivity contribution in [2.75, 3.05) is 0 Å². The first-order chi connectivity index (χ1) is 10.5. The molecule has 22 heavy (non-hydrogen) atoms. The van der Waals surface area contributed by atoms with Crippen LogP contribution in [0.4, 0.5) is 5.69 Å². The molecule has 0 aromatic heterocycles. The highest BCUT2D eigenvalue weighted by atomic mass is 16.2. The largest absolute Gasteiger partial charge is 0.295 e. The Bertz CT molecular complexity index is 561. The topological polar surface area (TPSA) is 70.6 Å². The van der Waals surface area contributed by atoms with Crippen molar-refractivity contribution < 1.29 is 9.59 Å². The first kappa shape index (κ1) is 16.2. The van der Waals surface area contributed by atoms with Crippen molar-refractivity contribution in [3.8, 4) is 0 Å². The van der Waals surface area contributed by atoms with Gasteiger partial charge in [0.2, 0.25) is 17.8 Å². The predicted molar refractivity (Wildman–Crippen MR) is 86.6 cm³/mol. The number of hydrogen-bond acceptors (Lipinski definition) is 3. The number of benzene rings is 1. The number of aliphatic imine (C=N–C) groups is 1. The average molecular weight is 301 g/mol. The van der Waals surface area contributed by atoms with E-state index in [1.165, 1.54) is 0 Å². The highest BCUT2D eigenvalue weighted by Crippen LogP contribution is 2.34. The van der Waals surface area contributed by atoms with Gasteiger partial charge in [-0.25, -0.2) is 4.99 Å². The molecule has 1 fully saturated rings. The maximum Gasteiger partial charge on any atom is 0.242 e. The van der Waals surface area contributed by atoms with Crippen LogP contribution in [0.3, 0.4) is 0 Å². The highest BCUT2D eigenvalue weighted by Gasteiger charge is 2.48. The Morgan fingerprint density at radius 2 is 1.68 bits per heavy atom. The van der Waals surface area contributed by atoms with Crippen molar-refractivity contribution in [1.29, 1.82) is 0 Å². The molecule has 5 nitrogen and oxygen atoms in total. The van der Waals surface area contributed by atoms with Crippen molar-refractivity contribution in [3.63, 3.8) is 0 Å². The van der Waals surface area contributed by atoms with E-state index in [9.17, 15) is 9.59 Å². The van der Waals surface area contributed by atoms with Gasteiger partial charge in [-0.15, -0.1) is 0 Å². The smallest absolute Gasteiger partial charge is 0.242 e. The van der Waals surface area contributed by atoms with Gasteiger partial charge in [0.1, 0.15) is 5.41 Å². The van der Waals surface area contributed by atoms with Crippen LogP contribution in [-0.4, -0.2) is 17.8 Å². The maximum atomic E-state index is 12.6. The van der Waals surface area contributed by atoms with Crippen molar-refractivity contribution >= 4 is 23.5 Å². The van der Waals surface area contributed by atoms with E-state index in [0.29, 0.717) is 24.4 Å². The lowest BCUT2D eigenvalue weighted by atomic mass is 9.74. The van der Waals surface area contributed by atoms with Crippen molar-refractivity contribution in [1.82, 2.24) is 10.6 Å². The Hall–Kier alpha value is -2.17. The number of carbonyl (C=O) groups excluding carboxylic acids is 2. The van der Waals surface area contributed by atoms with E-state index in [4.69, 9.17) is 0 Å². The maximum absolute atomic E-state index is 12.6. The summed E-state index contributed by atoms with van der Waals surface area (Å²) in [6.45, 7) is 6.00. The molecular formula is C17H23N3O2. The van der Waals surface area contributed by atoms with Gasteiger partial charge in [0.25, 0.3) is 0 Å². The summed E-state index contributed by atoms with van der Waals surface area (Å²) in [6.07, 6.45) is 1.97. The summed E-state index contributed by atoms with van der Waals surface area (Å²) in [5.74, 6) is 0.000880. The fourth-order valence-electron chi connectivity index (χ4n) is 2.67. The van der Waals surface area contributed by atoms with E-state index in [1.807, 2.05) is 37.3 Å². The normalized spacial score (nSPS) is 22.8. The number of rotatable bonds is 5. The fourth-order valence-corrected chi connectivity index (χ4v) is 2.67. The molecule has 1 aromatic carbocycles. The second kappa shape index (κ2) is 6.73. The molecule has 1 saturated heterocycles. The summed E-state index contributed by atoms with van der Waals surface area (Å²) in [7, 11) is 0. The second-order valence-electron chi connectivity index (χ2n) is 5.86. The Morgan fingerprint density at radius 1 is 1.09 bits per heavy atom. The third kappa shape index (κ3) is 3.18. The number of nitrogens with one attached hydrogen (secondary N) is 2. The van der Waals surface area contributed by atoms with E-state index in [1.54, 1.807) is 0 Å². The second-order valence-corrected chi connectivity index (χ2v) is 5.86. The number of guanidine groups is 1. The lowest BCUT2D eigenvalue weighted by Crippen LogP contribution is -2.63. The van der Waals surface area contributed by atoms with Crippen LogP contribution in [0.5, 0.6) is 0 Å². The zero-order chi connectivity index (χ0) is 16.2. The quantitative estimate of drug-likeness (QED) is 0.821. The molecule has 2 rings (SSSR count). The molecule has 1 aliphatic rings. The minimum atomic E-state index is -0.995. The summed E-state index contributed by atoms with van der Waals surface area (Å²) in [4.78, 5) is 29.4. The van der Waals surface area contributed by atoms with Gasteiger partial charge >= 0.3 is 0 Å². The summed E-state index contributed by atoms with van der Waals surface area (Å²) >= 11 is 0. The molecule has 0 bridgehead atoms.